The topological polar surface area (TPSA) is 70.0 Å². The fourth-order valence-electron chi connectivity index (χ4n) is 2.30. The minimum Gasteiger partial charge on any atom is -0.493 e. The molecule has 6 nitrogen and oxygen atoms in total. The van der Waals surface area contributed by atoms with E-state index in [1.54, 1.807) is 37.5 Å². The minimum absolute atomic E-state index is 0.124. The van der Waals surface area contributed by atoms with Gasteiger partial charge in [0.15, 0.2) is 17.2 Å². The first-order valence-corrected chi connectivity index (χ1v) is 8.44. The van der Waals surface area contributed by atoms with E-state index in [2.05, 4.69) is 9.98 Å². The zero-order chi connectivity index (χ0) is 18.5. The van der Waals surface area contributed by atoms with Crippen molar-refractivity contribution in [1.82, 2.24) is 4.98 Å². The highest BCUT2D eigenvalue weighted by molar-refractivity contribution is 6.31. The van der Waals surface area contributed by atoms with Crippen LogP contribution in [0.1, 0.15) is 24.6 Å². The average Bonchev–Trinajstić information content (AvgIpc) is 3.01. The first kappa shape index (κ1) is 17.9. The quantitative estimate of drug-likeness (QED) is 0.568. The van der Waals surface area contributed by atoms with E-state index >= 15 is 0 Å². The van der Waals surface area contributed by atoms with Gasteiger partial charge in [-0.3, -0.25) is 4.98 Å². The summed E-state index contributed by atoms with van der Waals surface area (Å²) in [6, 6.07) is 8.60. The van der Waals surface area contributed by atoms with Crippen LogP contribution in [-0.2, 0) is 9.53 Å². The Balaban J connectivity index is 1.88. The molecule has 3 rings (SSSR count). The monoisotopic (exact) mass is 372 g/mol. The van der Waals surface area contributed by atoms with E-state index in [-0.39, 0.29) is 11.6 Å². The molecule has 0 N–H and O–H groups in total. The Kier molecular flexibility index (Phi) is 5.53. The molecular weight excluding hydrogens is 356 g/mol. The van der Waals surface area contributed by atoms with E-state index in [0.717, 1.165) is 12.0 Å². The molecule has 134 valence electrons. The second-order valence-electron chi connectivity index (χ2n) is 5.45. The molecule has 0 radical (unpaired) electrons. The number of pyridine rings is 1. The Labute approximate surface area is 156 Å². The summed E-state index contributed by atoms with van der Waals surface area (Å²) in [5.74, 6) is 0.809. The molecule has 0 bridgehead atoms. The summed E-state index contributed by atoms with van der Waals surface area (Å²) >= 11 is 5.93. The molecule has 2 heterocycles. The summed E-state index contributed by atoms with van der Waals surface area (Å²) in [6.07, 6.45) is 4.04. The van der Waals surface area contributed by atoms with Crippen molar-refractivity contribution in [1.29, 1.82) is 0 Å². The summed E-state index contributed by atoms with van der Waals surface area (Å²) in [6.45, 7) is 2.63. The third kappa shape index (κ3) is 4.03. The molecule has 0 atom stereocenters. The number of aromatic nitrogens is 1. The first-order chi connectivity index (χ1) is 12.6. The predicted molar refractivity (Wildman–Crippen MR) is 98.6 cm³/mol. The van der Waals surface area contributed by atoms with E-state index in [1.165, 1.54) is 6.20 Å². The number of methoxy groups -OCH3 is 1. The summed E-state index contributed by atoms with van der Waals surface area (Å²) < 4.78 is 16.2. The van der Waals surface area contributed by atoms with Gasteiger partial charge >= 0.3 is 5.97 Å². The highest BCUT2D eigenvalue weighted by atomic mass is 35.5. The molecule has 0 spiro atoms. The van der Waals surface area contributed by atoms with Crippen molar-refractivity contribution in [2.45, 2.75) is 13.3 Å². The van der Waals surface area contributed by atoms with Gasteiger partial charge in [0, 0.05) is 11.2 Å². The Hall–Kier alpha value is -2.86. The van der Waals surface area contributed by atoms with Crippen LogP contribution in [0.15, 0.2) is 47.2 Å². The van der Waals surface area contributed by atoms with Crippen molar-refractivity contribution in [3.63, 3.8) is 0 Å². The van der Waals surface area contributed by atoms with Crippen molar-refractivity contribution >= 4 is 29.5 Å². The molecule has 2 aromatic rings. The largest absolute Gasteiger partial charge is 0.493 e. The summed E-state index contributed by atoms with van der Waals surface area (Å²) in [4.78, 5) is 20.4. The second kappa shape index (κ2) is 8.01. The summed E-state index contributed by atoms with van der Waals surface area (Å²) in [5.41, 5.74) is 1.31. The van der Waals surface area contributed by atoms with Crippen LogP contribution < -0.4 is 9.47 Å². The lowest BCUT2D eigenvalue weighted by Gasteiger charge is -2.10. The van der Waals surface area contributed by atoms with E-state index in [9.17, 15) is 4.79 Å². The third-order valence-electron chi connectivity index (χ3n) is 3.51. The summed E-state index contributed by atoms with van der Waals surface area (Å²) in [7, 11) is 1.57. The highest BCUT2D eigenvalue weighted by Crippen LogP contribution is 2.30. The SMILES string of the molecule is CCCOc1ccc(/C=C2\N=C(c3cc(Cl)ccn3)OC2=O)cc1OC. The number of halogens is 1. The van der Waals surface area contributed by atoms with Crippen LogP contribution in [0.4, 0.5) is 0 Å². The number of carbonyl (C=O) groups excluding carboxylic acids is 1. The fraction of sp³-hybridized carbons (Fsp3) is 0.211. The van der Waals surface area contributed by atoms with Gasteiger partial charge in [0.25, 0.3) is 0 Å². The van der Waals surface area contributed by atoms with Crippen molar-refractivity contribution in [2.24, 2.45) is 4.99 Å². The van der Waals surface area contributed by atoms with Gasteiger partial charge in [0.05, 0.1) is 13.7 Å². The molecule has 26 heavy (non-hydrogen) atoms. The maximum Gasteiger partial charge on any atom is 0.363 e. The van der Waals surface area contributed by atoms with Gasteiger partial charge in [-0.05, 0) is 42.3 Å². The zero-order valence-electron chi connectivity index (χ0n) is 14.4. The molecule has 1 aromatic carbocycles. The minimum atomic E-state index is -0.549. The van der Waals surface area contributed by atoms with E-state index < -0.39 is 5.97 Å². The van der Waals surface area contributed by atoms with Gasteiger partial charge in [0.2, 0.25) is 5.90 Å². The molecule has 1 aromatic heterocycles. The van der Waals surface area contributed by atoms with Crippen LogP contribution in [0.25, 0.3) is 6.08 Å². The van der Waals surface area contributed by atoms with Crippen molar-refractivity contribution < 1.29 is 19.0 Å². The number of nitrogens with zero attached hydrogens (tertiary/aromatic N) is 2. The number of carbonyl (C=O) groups is 1. The molecule has 0 amide bonds. The normalized spacial score (nSPS) is 15.0. The molecule has 1 aliphatic heterocycles. The molecular formula is C19H17ClN2O4. The predicted octanol–water partition coefficient (Wildman–Crippen LogP) is 3.88. The van der Waals surface area contributed by atoms with Gasteiger partial charge in [-0.2, -0.15) is 0 Å². The lowest BCUT2D eigenvalue weighted by Crippen LogP contribution is -2.07. The van der Waals surface area contributed by atoms with Gasteiger partial charge < -0.3 is 14.2 Å². The molecule has 0 unspecified atom stereocenters. The standard InChI is InChI=1S/C19H17ClN2O4/c1-3-8-25-16-5-4-12(10-17(16)24-2)9-15-19(23)26-18(22-15)14-11-13(20)6-7-21-14/h4-7,9-11H,3,8H2,1-2H3/b15-9-. The van der Waals surface area contributed by atoms with E-state index in [4.69, 9.17) is 25.8 Å². The van der Waals surface area contributed by atoms with Crippen LogP contribution in [0, 0.1) is 0 Å². The van der Waals surface area contributed by atoms with Crippen LogP contribution in [0.2, 0.25) is 5.02 Å². The Morgan fingerprint density at radius 2 is 2.08 bits per heavy atom. The van der Waals surface area contributed by atoms with E-state index in [0.29, 0.717) is 28.8 Å². The summed E-state index contributed by atoms with van der Waals surface area (Å²) in [5, 5.41) is 0.485. The first-order valence-electron chi connectivity index (χ1n) is 8.06. The van der Waals surface area contributed by atoms with Crippen molar-refractivity contribution in [3.8, 4) is 11.5 Å². The van der Waals surface area contributed by atoms with Crippen molar-refractivity contribution in [3.05, 3.63) is 58.5 Å². The lowest BCUT2D eigenvalue weighted by molar-refractivity contribution is -0.129. The van der Waals surface area contributed by atoms with Gasteiger partial charge in [0.1, 0.15) is 5.69 Å². The van der Waals surface area contributed by atoms with Gasteiger partial charge in [-0.25, -0.2) is 9.79 Å². The number of rotatable bonds is 6. The van der Waals surface area contributed by atoms with E-state index in [1.807, 2.05) is 13.0 Å². The Morgan fingerprint density at radius 1 is 1.23 bits per heavy atom. The number of aliphatic imine (C=N–C) groups is 1. The second-order valence-corrected chi connectivity index (χ2v) is 5.89. The highest BCUT2D eigenvalue weighted by Gasteiger charge is 2.25. The molecule has 0 aliphatic carbocycles. The number of hydrogen-bond acceptors (Lipinski definition) is 6. The number of hydrogen-bond donors (Lipinski definition) is 0. The van der Waals surface area contributed by atoms with Crippen molar-refractivity contribution in [2.75, 3.05) is 13.7 Å². The van der Waals surface area contributed by atoms with Crippen LogP contribution >= 0.6 is 11.6 Å². The number of ether oxygens (including phenoxy) is 3. The Morgan fingerprint density at radius 3 is 2.81 bits per heavy atom. The number of benzene rings is 1. The number of esters is 1. The molecule has 0 fully saturated rings. The molecule has 0 saturated heterocycles. The van der Waals surface area contributed by atoms with Crippen LogP contribution in [-0.4, -0.2) is 30.6 Å². The maximum absolute atomic E-state index is 12.1. The maximum atomic E-state index is 12.1. The Bertz CT molecular complexity index is 893. The molecule has 7 heteroatoms. The smallest absolute Gasteiger partial charge is 0.363 e. The average molecular weight is 373 g/mol. The van der Waals surface area contributed by atoms with Crippen LogP contribution in [0.5, 0.6) is 11.5 Å². The fourth-order valence-corrected chi connectivity index (χ4v) is 2.46. The van der Waals surface area contributed by atoms with Gasteiger partial charge in [-0.1, -0.05) is 24.6 Å². The zero-order valence-corrected chi connectivity index (χ0v) is 15.1. The molecule has 1 aliphatic rings. The van der Waals surface area contributed by atoms with Gasteiger partial charge in [-0.15, -0.1) is 0 Å². The third-order valence-corrected chi connectivity index (χ3v) is 3.75. The van der Waals surface area contributed by atoms with Crippen LogP contribution in [0.3, 0.4) is 0 Å². The lowest BCUT2D eigenvalue weighted by atomic mass is 10.1. The number of cyclic esters (lactones) is 1. The molecule has 0 saturated carbocycles.